The molecule has 3 rings (SSSR count). The topological polar surface area (TPSA) is 26.3 Å². The minimum Gasteiger partial charge on any atom is -0.372 e. The fourth-order valence-corrected chi connectivity index (χ4v) is 2.68. The Morgan fingerprint density at radius 2 is 1.71 bits per heavy atom. The first-order valence-electron chi connectivity index (χ1n) is 7.61. The number of hydrogen-bond acceptors (Lipinski definition) is 2. The van der Waals surface area contributed by atoms with Crippen LogP contribution in [0.4, 0.5) is 0 Å². The summed E-state index contributed by atoms with van der Waals surface area (Å²) in [4.78, 5) is 12.5. The summed E-state index contributed by atoms with van der Waals surface area (Å²) < 4.78 is 5.40. The van der Waals surface area contributed by atoms with E-state index in [9.17, 15) is 4.79 Å². The fourth-order valence-electron chi connectivity index (χ4n) is 2.68. The average molecular weight is 280 g/mol. The Kier molecular flexibility index (Phi) is 4.16. The van der Waals surface area contributed by atoms with E-state index in [1.807, 2.05) is 30.3 Å². The molecular weight excluding hydrogens is 260 g/mol. The summed E-state index contributed by atoms with van der Waals surface area (Å²) in [6.45, 7) is 3.47. The van der Waals surface area contributed by atoms with Gasteiger partial charge in [-0.15, -0.1) is 0 Å². The Hall–Kier alpha value is -1.93. The van der Waals surface area contributed by atoms with Crippen molar-refractivity contribution in [2.24, 2.45) is 0 Å². The standard InChI is InChI=1S/C19H20O2/c1-2-3-4-14-5-7-15(8-6-14)19(20)16-9-10-17-12-21-13-18(17)11-16/h5-11H,2-4,12-13H2,1H3. The fraction of sp³-hybridized carbons (Fsp3) is 0.316. The van der Waals surface area contributed by atoms with Crippen LogP contribution in [0.15, 0.2) is 42.5 Å². The van der Waals surface area contributed by atoms with Gasteiger partial charge >= 0.3 is 0 Å². The van der Waals surface area contributed by atoms with Gasteiger partial charge in [0.15, 0.2) is 5.78 Å². The van der Waals surface area contributed by atoms with Crippen LogP contribution in [-0.2, 0) is 24.4 Å². The summed E-state index contributed by atoms with van der Waals surface area (Å²) in [5, 5.41) is 0. The monoisotopic (exact) mass is 280 g/mol. The molecule has 2 heteroatoms. The van der Waals surface area contributed by atoms with Crippen LogP contribution < -0.4 is 0 Å². The van der Waals surface area contributed by atoms with Crippen LogP contribution in [0.5, 0.6) is 0 Å². The number of unbranched alkanes of at least 4 members (excludes halogenated alkanes) is 1. The van der Waals surface area contributed by atoms with Crippen molar-refractivity contribution in [1.29, 1.82) is 0 Å². The van der Waals surface area contributed by atoms with E-state index >= 15 is 0 Å². The van der Waals surface area contributed by atoms with Gasteiger partial charge in [0.05, 0.1) is 13.2 Å². The number of carbonyl (C=O) groups excluding carboxylic acids is 1. The lowest BCUT2D eigenvalue weighted by Crippen LogP contribution is -2.02. The van der Waals surface area contributed by atoms with Crippen LogP contribution in [0, 0.1) is 0 Å². The molecule has 0 aromatic heterocycles. The third-order valence-corrected chi connectivity index (χ3v) is 4.02. The molecule has 0 bridgehead atoms. The lowest BCUT2D eigenvalue weighted by Gasteiger charge is -2.05. The van der Waals surface area contributed by atoms with E-state index in [-0.39, 0.29) is 5.78 Å². The van der Waals surface area contributed by atoms with Crippen molar-refractivity contribution in [2.75, 3.05) is 0 Å². The van der Waals surface area contributed by atoms with E-state index in [1.165, 1.54) is 24.0 Å². The molecule has 0 atom stereocenters. The van der Waals surface area contributed by atoms with Crippen molar-refractivity contribution in [3.05, 3.63) is 70.3 Å². The highest BCUT2D eigenvalue weighted by molar-refractivity contribution is 6.09. The Morgan fingerprint density at radius 1 is 1.00 bits per heavy atom. The number of rotatable bonds is 5. The molecule has 0 aliphatic carbocycles. The van der Waals surface area contributed by atoms with Crippen LogP contribution in [0.2, 0.25) is 0 Å². The van der Waals surface area contributed by atoms with Crippen LogP contribution >= 0.6 is 0 Å². The zero-order chi connectivity index (χ0) is 14.7. The molecule has 0 saturated carbocycles. The second-order valence-electron chi connectivity index (χ2n) is 5.61. The number of fused-ring (bicyclic) bond motifs is 1. The third-order valence-electron chi connectivity index (χ3n) is 4.02. The summed E-state index contributed by atoms with van der Waals surface area (Å²) in [5.74, 6) is 0.0896. The predicted molar refractivity (Wildman–Crippen MR) is 83.4 cm³/mol. The Balaban J connectivity index is 1.78. The zero-order valence-electron chi connectivity index (χ0n) is 12.4. The van der Waals surface area contributed by atoms with E-state index in [0.717, 1.165) is 23.1 Å². The molecule has 2 aromatic carbocycles. The van der Waals surface area contributed by atoms with Crippen molar-refractivity contribution in [3.63, 3.8) is 0 Å². The van der Waals surface area contributed by atoms with Gasteiger partial charge in [-0.05, 0) is 35.6 Å². The maximum Gasteiger partial charge on any atom is 0.193 e. The SMILES string of the molecule is CCCCc1ccc(C(=O)c2ccc3c(c2)COC3)cc1. The first kappa shape index (κ1) is 14.0. The van der Waals surface area contributed by atoms with Gasteiger partial charge in [0.2, 0.25) is 0 Å². The molecule has 0 amide bonds. The normalized spacial score (nSPS) is 13.2. The predicted octanol–water partition coefficient (Wildman–Crippen LogP) is 4.29. The Bertz CT molecular complexity index is 641. The number of ketones is 1. The Labute approximate surface area is 125 Å². The van der Waals surface area contributed by atoms with Crippen LogP contribution in [0.3, 0.4) is 0 Å². The van der Waals surface area contributed by atoms with Crippen molar-refractivity contribution >= 4 is 5.78 Å². The lowest BCUT2D eigenvalue weighted by atomic mass is 9.98. The number of hydrogen-bond donors (Lipinski definition) is 0. The second-order valence-corrected chi connectivity index (χ2v) is 5.61. The Morgan fingerprint density at radius 3 is 2.48 bits per heavy atom. The molecule has 1 heterocycles. The van der Waals surface area contributed by atoms with E-state index in [4.69, 9.17) is 4.74 Å². The summed E-state index contributed by atoms with van der Waals surface area (Å²) in [5.41, 5.74) is 5.15. The van der Waals surface area contributed by atoms with Crippen molar-refractivity contribution in [1.82, 2.24) is 0 Å². The quantitative estimate of drug-likeness (QED) is 0.764. The van der Waals surface area contributed by atoms with Crippen LogP contribution in [0.25, 0.3) is 0 Å². The highest BCUT2D eigenvalue weighted by Gasteiger charge is 2.15. The van der Waals surface area contributed by atoms with Crippen molar-refractivity contribution in [2.45, 2.75) is 39.4 Å². The van der Waals surface area contributed by atoms with Gasteiger partial charge in [0.25, 0.3) is 0 Å². The molecule has 2 nitrogen and oxygen atoms in total. The lowest BCUT2D eigenvalue weighted by molar-refractivity contribution is 0.103. The molecule has 0 N–H and O–H groups in total. The minimum atomic E-state index is 0.0896. The second kappa shape index (κ2) is 6.23. The summed E-state index contributed by atoms with van der Waals surface area (Å²) in [6.07, 6.45) is 3.47. The molecule has 0 spiro atoms. The van der Waals surface area contributed by atoms with E-state index in [2.05, 4.69) is 19.1 Å². The molecule has 108 valence electrons. The molecule has 1 aliphatic rings. The first-order chi connectivity index (χ1) is 10.3. The zero-order valence-corrected chi connectivity index (χ0v) is 12.4. The maximum atomic E-state index is 12.5. The first-order valence-corrected chi connectivity index (χ1v) is 7.61. The number of benzene rings is 2. The highest BCUT2D eigenvalue weighted by Crippen LogP contribution is 2.22. The van der Waals surface area contributed by atoms with Crippen molar-refractivity contribution in [3.8, 4) is 0 Å². The summed E-state index contributed by atoms with van der Waals surface area (Å²) in [7, 11) is 0. The van der Waals surface area contributed by atoms with E-state index in [0.29, 0.717) is 13.2 Å². The van der Waals surface area contributed by atoms with Gasteiger partial charge < -0.3 is 4.74 Å². The maximum absolute atomic E-state index is 12.5. The minimum absolute atomic E-state index is 0.0896. The summed E-state index contributed by atoms with van der Waals surface area (Å²) >= 11 is 0. The average Bonchev–Trinajstić information content (AvgIpc) is 3.00. The number of ether oxygens (including phenoxy) is 1. The number of aryl methyl sites for hydroxylation is 1. The molecule has 0 radical (unpaired) electrons. The van der Waals surface area contributed by atoms with Gasteiger partial charge in [-0.2, -0.15) is 0 Å². The summed E-state index contributed by atoms with van der Waals surface area (Å²) in [6, 6.07) is 13.9. The van der Waals surface area contributed by atoms with Gasteiger partial charge in [0, 0.05) is 11.1 Å². The molecule has 1 aliphatic heterocycles. The number of carbonyl (C=O) groups is 1. The molecule has 21 heavy (non-hydrogen) atoms. The molecule has 2 aromatic rings. The van der Waals surface area contributed by atoms with Crippen LogP contribution in [0.1, 0.15) is 52.4 Å². The van der Waals surface area contributed by atoms with E-state index < -0.39 is 0 Å². The van der Waals surface area contributed by atoms with Gasteiger partial charge in [-0.3, -0.25) is 4.79 Å². The smallest absolute Gasteiger partial charge is 0.193 e. The van der Waals surface area contributed by atoms with Crippen molar-refractivity contribution < 1.29 is 9.53 Å². The van der Waals surface area contributed by atoms with Gasteiger partial charge in [-0.25, -0.2) is 0 Å². The molecular formula is C19H20O2. The third kappa shape index (κ3) is 3.06. The van der Waals surface area contributed by atoms with Gasteiger partial charge in [0.1, 0.15) is 0 Å². The largest absolute Gasteiger partial charge is 0.372 e. The molecule has 0 unspecified atom stereocenters. The van der Waals surface area contributed by atoms with Gasteiger partial charge in [-0.1, -0.05) is 49.7 Å². The van der Waals surface area contributed by atoms with E-state index in [1.54, 1.807) is 0 Å². The van der Waals surface area contributed by atoms with Crippen LogP contribution in [-0.4, -0.2) is 5.78 Å². The highest BCUT2D eigenvalue weighted by atomic mass is 16.5. The molecule has 0 fully saturated rings. The molecule has 0 saturated heterocycles.